The van der Waals surface area contributed by atoms with E-state index in [1.54, 1.807) is 12.3 Å². The predicted molar refractivity (Wildman–Crippen MR) is 59.6 cm³/mol. The molecule has 18 heavy (non-hydrogen) atoms. The van der Waals surface area contributed by atoms with Crippen molar-refractivity contribution in [3.05, 3.63) is 36.3 Å². The molecule has 0 aliphatic heterocycles. The molecule has 2 rings (SSSR count). The Morgan fingerprint density at radius 1 is 1.28 bits per heavy atom. The van der Waals surface area contributed by atoms with Crippen LogP contribution in [0.4, 0.5) is 8.78 Å². The third kappa shape index (κ3) is 3.42. The number of nitrogens with zero attached hydrogens (tertiary/aromatic N) is 3. The van der Waals surface area contributed by atoms with E-state index in [2.05, 4.69) is 16.1 Å². The standard InChI is InChI=1S/C12H12F2N3.Y/c1-8(2)9-3-4-11(15-5-9)10-6-16-17(7-10)12(13)14;/h4-8,12H,1-2H3;/q-1;. The van der Waals surface area contributed by atoms with Crippen LogP contribution in [-0.2, 0) is 32.7 Å². The number of alkyl halides is 2. The molecule has 0 atom stereocenters. The van der Waals surface area contributed by atoms with E-state index in [9.17, 15) is 8.78 Å². The van der Waals surface area contributed by atoms with Crippen molar-refractivity contribution in [1.29, 1.82) is 0 Å². The van der Waals surface area contributed by atoms with E-state index in [1.807, 2.05) is 13.8 Å². The zero-order valence-corrected chi connectivity index (χ0v) is 13.0. The summed E-state index contributed by atoms with van der Waals surface area (Å²) in [7, 11) is 0. The van der Waals surface area contributed by atoms with Crippen LogP contribution in [0.5, 0.6) is 0 Å². The minimum Gasteiger partial charge on any atom is -0.382 e. The van der Waals surface area contributed by atoms with Gasteiger partial charge in [-0.05, 0) is 17.2 Å². The molecular weight excluding hydrogens is 313 g/mol. The van der Waals surface area contributed by atoms with E-state index in [1.165, 1.54) is 12.4 Å². The van der Waals surface area contributed by atoms with Crippen molar-refractivity contribution >= 4 is 0 Å². The van der Waals surface area contributed by atoms with Crippen LogP contribution in [0.25, 0.3) is 11.3 Å². The Bertz CT molecular complexity index is 494. The minimum absolute atomic E-state index is 0. The zero-order valence-electron chi connectivity index (χ0n) is 10.1. The summed E-state index contributed by atoms with van der Waals surface area (Å²) in [5, 5.41) is 3.56. The second-order valence-corrected chi connectivity index (χ2v) is 4.03. The Hall–Kier alpha value is -0.676. The Labute approximate surface area is 129 Å². The van der Waals surface area contributed by atoms with Crippen LogP contribution in [0.2, 0.25) is 0 Å². The Morgan fingerprint density at radius 2 is 2.00 bits per heavy atom. The Morgan fingerprint density at radius 3 is 2.44 bits per heavy atom. The average Bonchev–Trinajstić information content (AvgIpc) is 2.78. The van der Waals surface area contributed by atoms with Crippen molar-refractivity contribution in [3.63, 3.8) is 0 Å². The second kappa shape index (κ2) is 6.48. The van der Waals surface area contributed by atoms with Gasteiger partial charge in [-0.1, -0.05) is 20.0 Å². The van der Waals surface area contributed by atoms with Crippen molar-refractivity contribution in [1.82, 2.24) is 14.8 Å². The van der Waals surface area contributed by atoms with Crippen molar-refractivity contribution < 1.29 is 41.5 Å². The van der Waals surface area contributed by atoms with Gasteiger partial charge in [-0.2, -0.15) is 26.0 Å². The Balaban J connectivity index is 0.00000162. The van der Waals surface area contributed by atoms with E-state index in [4.69, 9.17) is 0 Å². The fourth-order valence-electron chi connectivity index (χ4n) is 1.42. The van der Waals surface area contributed by atoms with Gasteiger partial charge in [0.2, 0.25) is 0 Å². The predicted octanol–water partition coefficient (Wildman–Crippen LogP) is 3.26. The van der Waals surface area contributed by atoms with Gasteiger partial charge in [-0.15, -0.1) is 5.56 Å². The summed E-state index contributed by atoms with van der Waals surface area (Å²) in [6, 6.07) is 4.78. The summed E-state index contributed by atoms with van der Waals surface area (Å²) in [6.45, 7) is 1.46. The third-order valence-corrected chi connectivity index (χ3v) is 2.44. The van der Waals surface area contributed by atoms with Gasteiger partial charge in [-0.3, -0.25) is 0 Å². The van der Waals surface area contributed by atoms with E-state index in [0.29, 0.717) is 21.9 Å². The number of rotatable bonds is 3. The molecule has 0 bridgehead atoms. The molecule has 6 heteroatoms. The maximum atomic E-state index is 12.3. The van der Waals surface area contributed by atoms with Gasteiger partial charge < -0.3 is 4.98 Å². The van der Waals surface area contributed by atoms with Crippen LogP contribution >= 0.6 is 0 Å². The smallest absolute Gasteiger partial charge is 0.333 e. The quantitative estimate of drug-likeness (QED) is 0.811. The fourth-order valence-corrected chi connectivity index (χ4v) is 1.42. The van der Waals surface area contributed by atoms with Crippen LogP contribution < -0.4 is 0 Å². The van der Waals surface area contributed by atoms with Crippen LogP contribution in [0, 0.1) is 6.07 Å². The molecule has 2 heterocycles. The summed E-state index contributed by atoms with van der Waals surface area (Å²) in [5.74, 6) is 0.348. The van der Waals surface area contributed by atoms with Gasteiger partial charge in [-0.25, -0.2) is 4.68 Å². The molecule has 0 amide bonds. The molecule has 1 radical (unpaired) electrons. The summed E-state index contributed by atoms with van der Waals surface area (Å²) in [6.07, 6.45) is 4.35. The zero-order chi connectivity index (χ0) is 12.4. The van der Waals surface area contributed by atoms with E-state index in [-0.39, 0.29) is 32.7 Å². The number of aromatic nitrogens is 3. The fraction of sp³-hybridized carbons (Fsp3) is 0.333. The number of halogens is 2. The van der Waals surface area contributed by atoms with Gasteiger partial charge in [0.15, 0.2) is 0 Å². The van der Waals surface area contributed by atoms with Gasteiger partial charge in [0, 0.05) is 45.1 Å². The monoisotopic (exact) mass is 325 g/mol. The summed E-state index contributed by atoms with van der Waals surface area (Å²) >= 11 is 0. The van der Waals surface area contributed by atoms with Gasteiger partial charge in [0.05, 0.1) is 0 Å². The second-order valence-electron chi connectivity index (χ2n) is 4.03. The molecule has 93 valence electrons. The summed E-state index contributed by atoms with van der Waals surface area (Å²) < 4.78 is 25.3. The number of hydrogen-bond acceptors (Lipinski definition) is 2. The molecule has 0 aromatic carbocycles. The van der Waals surface area contributed by atoms with Gasteiger partial charge in [0.25, 0.3) is 0 Å². The van der Waals surface area contributed by atoms with Crippen LogP contribution in [0.15, 0.2) is 24.7 Å². The first-order valence-electron chi connectivity index (χ1n) is 5.28. The first-order chi connectivity index (χ1) is 8.08. The molecule has 2 aromatic rings. The normalized spacial score (nSPS) is 10.8. The first kappa shape index (κ1) is 15.4. The minimum atomic E-state index is -2.62. The molecule has 0 spiro atoms. The number of hydrogen-bond donors (Lipinski definition) is 0. The SMILES string of the molecule is CC(C)c1[c-]cc(-c2cnn(C(F)F)c2)nc1.[Y]. The largest absolute Gasteiger partial charge is 0.382 e. The first-order valence-corrected chi connectivity index (χ1v) is 5.28. The topological polar surface area (TPSA) is 30.7 Å². The molecule has 0 aliphatic carbocycles. The molecule has 3 nitrogen and oxygen atoms in total. The van der Waals surface area contributed by atoms with Gasteiger partial charge >= 0.3 is 6.55 Å². The van der Waals surface area contributed by atoms with Crippen LogP contribution in [0.1, 0.15) is 31.9 Å². The maximum Gasteiger partial charge on any atom is 0.333 e. The van der Waals surface area contributed by atoms with Crippen LogP contribution in [-0.4, -0.2) is 14.8 Å². The molecule has 2 aromatic heterocycles. The van der Waals surface area contributed by atoms with E-state index in [0.717, 1.165) is 5.56 Å². The molecule has 0 saturated carbocycles. The Kier molecular flexibility index (Phi) is 5.54. The van der Waals surface area contributed by atoms with Crippen molar-refractivity contribution in [2.45, 2.75) is 26.3 Å². The molecule has 0 fully saturated rings. The molecule has 0 N–H and O–H groups in total. The maximum absolute atomic E-state index is 12.3. The van der Waals surface area contributed by atoms with Crippen LogP contribution in [0.3, 0.4) is 0 Å². The third-order valence-electron chi connectivity index (χ3n) is 2.44. The van der Waals surface area contributed by atoms with Gasteiger partial charge in [0.1, 0.15) is 0 Å². The van der Waals surface area contributed by atoms with Crippen molar-refractivity contribution in [2.75, 3.05) is 0 Å². The number of pyridine rings is 1. The summed E-state index contributed by atoms with van der Waals surface area (Å²) in [5.41, 5.74) is 2.16. The molecule has 0 aliphatic rings. The van der Waals surface area contributed by atoms with Crippen molar-refractivity contribution in [2.24, 2.45) is 0 Å². The average molecular weight is 325 g/mol. The van der Waals surface area contributed by atoms with Crippen molar-refractivity contribution in [3.8, 4) is 11.3 Å². The summed E-state index contributed by atoms with van der Waals surface area (Å²) in [4.78, 5) is 4.21. The van der Waals surface area contributed by atoms with E-state index >= 15 is 0 Å². The molecule has 0 saturated heterocycles. The molecular formula is C12H12F2N3Y-. The van der Waals surface area contributed by atoms with E-state index < -0.39 is 6.55 Å². The molecule has 0 unspecified atom stereocenters.